The molecule has 2 N–H and O–H groups in total. The molecule has 202 valence electrons. The lowest BCUT2D eigenvalue weighted by molar-refractivity contribution is -0.111. The second-order valence-electron chi connectivity index (χ2n) is 9.01. The number of methoxy groups -OCH3 is 1. The molecule has 1 amide bonds. The van der Waals surface area contributed by atoms with Crippen LogP contribution in [0.1, 0.15) is 6.42 Å². The maximum atomic E-state index is 12.2. The number of ether oxygens (including phenoxy) is 1. The summed E-state index contributed by atoms with van der Waals surface area (Å²) in [5, 5.41) is 16.3. The SMILES string of the molecule is C=CC(=O)Nc1cc(Nc2nccc(-c3nnc(-c4ccccc4)s3)n2)c(OC)cc1N(C)CCCN(C)C. The number of rotatable bonds is 12. The van der Waals surface area contributed by atoms with Gasteiger partial charge < -0.3 is 25.2 Å². The molecule has 0 spiro atoms. The molecule has 2 heterocycles. The summed E-state index contributed by atoms with van der Waals surface area (Å²) in [4.78, 5) is 25.5. The number of carbonyl (C=O) groups excluding carboxylic acids is 1. The number of anilines is 4. The fraction of sp³-hybridized carbons (Fsp3) is 0.250. The van der Waals surface area contributed by atoms with E-state index in [-0.39, 0.29) is 5.91 Å². The summed E-state index contributed by atoms with van der Waals surface area (Å²) < 4.78 is 5.70. The highest BCUT2D eigenvalue weighted by Gasteiger charge is 2.17. The van der Waals surface area contributed by atoms with Crippen LogP contribution in [-0.2, 0) is 4.79 Å². The van der Waals surface area contributed by atoms with Crippen LogP contribution in [0.15, 0.2) is 67.4 Å². The predicted molar refractivity (Wildman–Crippen MR) is 158 cm³/mol. The third-order valence-corrected chi connectivity index (χ3v) is 6.83. The molecule has 11 heteroatoms. The summed E-state index contributed by atoms with van der Waals surface area (Å²) in [6.07, 6.45) is 3.86. The summed E-state index contributed by atoms with van der Waals surface area (Å²) in [5.74, 6) is 0.630. The molecular weight excluding hydrogens is 512 g/mol. The Morgan fingerprint density at radius 1 is 1.05 bits per heavy atom. The third-order valence-electron chi connectivity index (χ3n) is 5.84. The molecule has 4 rings (SSSR count). The molecule has 2 aromatic heterocycles. The molecule has 4 aromatic rings. The quantitative estimate of drug-likeness (QED) is 0.240. The molecule has 0 aliphatic carbocycles. The second kappa shape index (κ2) is 12.9. The lowest BCUT2D eigenvalue weighted by Crippen LogP contribution is -2.24. The lowest BCUT2D eigenvalue weighted by atomic mass is 10.2. The zero-order valence-electron chi connectivity index (χ0n) is 22.5. The van der Waals surface area contributed by atoms with Gasteiger partial charge in [-0.3, -0.25) is 4.79 Å². The van der Waals surface area contributed by atoms with E-state index in [9.17, 15) is 4.79 Å². The van der Waals surface area contributed by atoms with Crippen LogP contribution < -0.4 is 20.3 Å². The number of carbonyl (C=O) groups is 1. The van der Waals surface area contributed by atoms with Gasteiger partial charge in [0.1, 0.15) is 16.5 Å². The molecule has 0 radical (unpaired) electrons. The number of amides is 1. The largest absolute Gasteiger partial charge is 0.494 e. The van der Waals surface area contributed by atoms with Crippen LogP contribution in [0.3, 0.4) is 0 Å². The lowest BCUT2D eigenvalue weighted by Gasteiger charge is -2.25. The van der Waals surface area contributed by atoms with Crippen molar-refractivity contribution in [3.8, 4) is 27.0 Å². The van der Waals surface area contributed by atoms with E-state index < -0.39 is 0 Å². The van der Waals surface area contributed by atoms with E-state index >= 15 is 0 Å². The molecular formula is C28H32N8O2S. The zero-order chi connectivity index (χ0) is 27.8. The first-order valence-corrected chi connectivity index (χ1v) is 13.2. The van der Waals surface area contributed by atoms with Gasteiger partial charge in [-0.05, 0) is 45.3 Å². The smallest absolute Gasteiger partial charge is 0.247 e. The average Bonchev–Trinajstić information content (AvgIpc) is 3.44. The minimum atomic E-state index is -0.308. The second-order valence-corrected chi connectivity index (χ2v) is 9.99. The van der Waals surface area contributed by atoms with E-state index in [1.165, 1.54) is 17.4 Å². The zero-order valence-corrected chi connectivity index (χ0v) is 23.3. The number of hydrogen-bond donors (Lipinski definition) is 2. The highest BCUT2D eigenvalue weighted by atomic mass is 32.1. The Kier molecular flexibility index (Phi) is 9.18. The maximum absolute atomic E-state index is 12.2. The summed E-state index contributed by atoms with van der Waals surface area (Å²) in [6, 6.07) is 15.4. The Bertz CT molecular complexity index is 1420. The monoisotopic (exact) mass is 544 g/mol. The van der Waals surface area contributed by atoms with Crippen LogP contribution in [0.25, 0.3) is 21.3 Å². The van der Waals surface area contributed by atoms with Crippen LogP contribution >= 0.6 is 11.3 Å². The normalized spacial score (nSPS) is 10.8. The topological polar surface area (TPSA) is 108 Å². The molecule has 0 aliphatic heterocycles. The van der Waals surface area contributed by atoms with Gasteiger partial charge in [-0.2, -0.15) is 0 Å². The van der Waals surface area contributed by atoms with E-state index in [4.69, 9.17) is 4.74 Å². The van der Waals surface area contributed by atoms with Gasteiger partial charge in [0, 0.05) is 31.4 Å². The molecule has 0 fully saturated rings. The Labute approximate surface area is 232 Å². The van der Waals surface area contributed by atoms with Gasteiger partial charge in [0.15, 0.2) is 5.01 Å². The summed E-state index contributed by atoms with van der Waals surface area (Å²) in [5.41, 5.74) is 3.68. The third kappa shape index (κ3) is 7.15. The van der Waals surface area contributed by atoms with Crippen LogP contribution in [-0.4, -0.2) is 72.3 Å². The van der Waals surface area contributed by atoms with E-state index in [2.05, 4.69) is 47.2 Å². The number of aromatic nitrogens is 4. The minimum absolute atomic E-state index is 0.308. The van der Waals surface area contributed by atoms with Crippen LogP contribution in [0.2, 0.25) is 0 Å². The van der Waals surface area contributed by atoms with Gasteiger partial charge >= 0.3 is 0 Å². The van der Waals surface area contributed by atoms with Crippen molar-refractivity contribution in [1.82, 2.24) is 25.1 Å². The Morgan fingerprint density at radius 3 is 2.54 bits per heavy atom. The molecule has 0 saturated heterocycles. The van der Waals surface area contributed by atoms with Gasteiger partial charge in [0.05, 0.1) is 24.2 Å². The number of hydrogen-bond acceptors (Lipinski definition) is 10. The molecule has 0 unspecified atom stereocenters. The van der Waals surface area contributed by atoms with Gasteiger partial charge in [0.2, 0.25) is 11.9 Å². The fourth-order valence-electron chi connectivity index (χ4n) is 3.86. The maximum Gasteiger partial charge on any atom is 0.247 e. The van der Waals surface area contributed by atoms with Gasteiger partial charge in [-0.25, -0.2) is 9.97 Å². The molecule has 2 aromatic carbocycles. The standard InChI is InChI=1S/C28H32N8O2S/c1-6-25(37)30-21-17-22(24(38-5)18-23(21)36(4)16-10-15-35(2)3)32-28-29-14-13-20(31-28)27-34-33-26(39-27)19-11-8-7-9-12-19/h6-9,11-14,17-18H,1,10,15-16H2,2-5H3,(H,30,37)(H,29,31,32). The summed E-state index contributed by atoms with van der Waals surface area (Å²) in [6.45, 7) is 5.33. The first-order chi connectivity index (χ1) is 18.9. The Hall–Kier alpha value is -4.35. The van der Waals surface area contributed by atoms with E-state index in [1.54, 1.807) is 19.4 Å². The average molecular weight is 545 g/mol. The van der Waals surface area contributed by atoms with Crippen molar-refractivity contribution in [2.24, 2.45) is 0 Å². The number of benzene rings is 2. The number of nitrogens with zero attached hydrogens (tertiary/aromatic N) is 6. The molecule has 0 aliphatic rings. The van der Waals surface area contributed by atoms with Crippen molar-refractivity contribution in [2.75, 3.05) is 56.9 Å². The van der Waals surface area contributed by atoms with Gasteiger partial charge in [-0.1, -0.05) is 48.2 Å². The molecule has 39 heavy (non-hydrogen) atoms. The van der Waals surface area contributed by atoms with Crippen molar-refractivity contribution in [3.05, 3.63) is 67.4 Å². The van der Waals surface area contributed by atoms with E-state index in [1.807, 2.05) is 63.6 Å². The highest BCUT2D eigenvalue weighted by Crippen LogP contribution is 2.38. The molecule has 0 saturated carbocycles. The van der Waals surface area contributed by atoms with Crippen LogP contribution in [0.5, 0.6) is 5.75 Å². The van der Waals surface area contributed by atoms with Crippen molar-refractivity contribution >= 4 is 40.3 Å². The highest BCUT2D eigenvalue weighted by molar-refractivity contribution is 7.17. The minimum Gasteiger partial charge on any atom is -0.494 e. The van der Waals surface area contributed by atoms with Gasteiger partial charge in [-0.15, -0.1) is 10.2 Å². The molecule has 0 atom stereocenters. The van der Waals surface area contributed by atoms with Crippen molar-refractivity contribution in [3.63, 3.8) is 0 Å². The predicted octanol–water partition coefficient (Wildman–Crippen LogP) is 4.93. The van der Waals surface area contributed by atoms with E-state index in [0.29, 0.717) is 33.8 Å². The van der Waals surface area contributed by atoms with Crippen LogP contribution in [0.4, 0.5) is 23.0 Å². The van der Waals surface area contributed by atoms with Gasteiger partial charge in [0.25, 0.3) is 0 Å². The Morgan fingerprint density at radius 2 is 1.82 bits per heavy atom. The number of nitrogens with one attached hydrogen (secondary N) is 2. The van der Waals surface area contributed by atoms with Crippen molar-refractivity contribution in [1.29, 1.82) is 0 Å². The van der Waals surface area contributed by atoms with Crippen molar-refractivity contribution in [2.45, 2.75) is 6.42 Å². The first-order valence-electron chi connectivity index (χ1n) is 12.4. The first kappa shape index (κ1) is 27.7. The summed E-state index contributed by atoms with van der Waals surface area (Å²) in [7, 11) is 7.68. The summed E-state index contributed by atoms with van der Waals surface area (Å²) >= 11 is 1.46. The van der Waals surface area contributed by atoms with Crippen molar-refractivity contribution < 1.29 is 9.53 Å². The fourth-order valence-corrected chi connectivity index (χ4v) is 4.68. The Balaban J connectivity index is 1.62. The molecule has 10 nitrogen and oxygen atoms in total. The van der Waals surface area contributed by atoms with Crippen LogP contribution in [0, 0.1) is 0 Å². The molecule has 0 bridgehead atoms. The van der Waals surface area contributed by atoms with E-state index in [0.717, 1.165) is 35.8 Å².